The van der Waals surface area contributed by atoms with E-state index in [0.717, 1.165) is 12.5 Å². The highest BCUT2D eigenvalue weighted by atomic mass is 79.9. The molecule has 0 amide bonds. The first-order valence-electron chi connectivity index (χ1n) is 3.62. The van der Waals surface area contributed by atoms with E-state index in [9.17, 15) is 0 Å². The van der Waals surface area contributed by atoms with Gasteiger partial charge in [0.2, 0.25) is 0 Å². The summed E-state index contributed by atoms with van der Waals surface area (Å²) >= 11 is 3.62. The zero-order valence-corrected chi connectivity index (χ0v) is 6.93. The Hall–Kier alpha value is 0.440. The molecule has 2 heteroatoms. The summed E-state index contributed by atoms with van der Waals surface area (Å²) in [5.41, 5.74) is 0. The second-order valence-electron chi connectivity index (χ2n) is 3.07. The molecule has 0 unspecified atom stereocenters. The normalized spacial score (nSPS) is 49.7. The summed E-state index contributed by atoms with van der Waals surface area (Å²) in [5, 5.41) is 0. The second kappa shape index (κ2) is 2.24. The highest BCUT2D eigenvalue weighted by Crippen LogP contribution is 2.36. The Kier molecular flexibility index (Phi) is 1.54. The van der Waals surface area contributed by atoms with Crippen molar-refractivity contribution in [1.29, 1.82) is 0 Å². The van der Waals surface area contributed by atoms with Crippen molar-refractivity contribution in [3.63, 3.8) is 0 Å². The van der Waals surface area contributed by atoms with Crippen LogP contribution < -0.4 is 0 Å². The lowest BCUT2D eigenvalue weighted by Crippen LogP contribution is -2.23. The third-order valence-electron chi connectivity index (χ3n) is 2.37. The molecule has 1 heterocycles. The van der Waals surface area contributed by atoms with Gasteiger partial charge in [0.25, 0.3) is 0 Å². The highest BCUT2D eigenvalue weighted by Gasteiger charge is 2.35. The fraction of sp³-hybridized carbons (Fsp3) is 1.00. The van der Waals surface area contributed by atoms with Gasteiger partial charge in [-0.3, -0.25) is 0 Å². The summed E-state index contributed by atoms with van der Waals surface area (Å²) in [6.45, 7) is 1.02. The average Bonchev–Trinajstić information content (AvgIpc) is 2.25. The number of hydrogen-bond acceptors (Lipinski definition) is 1. The molecular formula is C7H11BrO. The third kappa shape index (κ3) is 1.03. The van der Waals surface area contributed by atoms with Gasteiger partial charge in [-0.2, -0.15) is 0 Å². The van der Waals surface area contributed by atoms with Crippen molar-refractivity contribution < 1.29 is 4.74 Å². The van der Waals surface area contributed by atoms with Crippen molar-refractivity contribution in [2.24, 2.45) is 5.92 Å². The van der Waals surface area contributed by atoms with Crippen LogP contribution >= 0.6 is 15.9 Å². The molecule has 0 N–H and O–H groups in total. The van der Waals surface area contributed by atoms with Crippen LogP contribution in [0.25, 0.3) is 0 Å². The Morgan fingerprint density at radius 2 is 2.22 bits per heavy atom. The van der Waals surface area contributed by atoms with Crippen LogP contribution in [0.15, 0.2) is 0 Å². The largest absolute Gasteiger partial charge is 0.377 e. The first kappa shape index (κ1) is 6.17. The Morgan fingerprint density at radius 1 is 1.33 bits per heavy atom. The van der Waals surface area contributed by atoms with Crippen molar-refractivity contribution in [2.75, 3.05) is 6.61 Å². The minimum Gasteiger partial charge on any atom is -0.377 e. The topological polar surface area (TPSA) is 9.23 Å². The van der Waals surface area contributed by atoms with Gasteiger partial charge in [0.15, 0.2) is 0 Å². The van der Waals surface area contributed by atoms with Crippen LogP contribution in [0.2, 0.25) is 0 Å². The molecule has 1 aliphatic carbocycles. The molecule has 3 atom stereocenters. The van der Waals surface area contributed by atoms with Gasteiger partial charge in [-0.25, -0.2) is 0 Å². The SMILES string of the molecule is Br[C@@H]1CC[C@H]2CO[C@@H]1C2. The van der Waals surface area contributed by atoms with Gasteiger partial charge >= 0.3 is 0 Å². The Balaban J connectivity index is 2.05. The predicted molar refractivity (Wildman–Crippen MR) is 39.8 cm³/mol. The fourth-order valence-electron chi connectivity index (χ4n) is 1.76. The van der Waals surface area contributed by atoms with Gasteiger partial charge in [0, 0.05) is 11.4 Å². The number of fused-ring (bicyclic) bond motifs is 2. The molecule has 0 aromatic carbocycles. The molecule has 9 heavy (non-hydrogen) atoms. The molecule has 2 bridgehead atoms. The maximum absolute atomic E-state index is 5.54. The molecule has 1 saturated heterocycles. The van der Waals surface area contributed by atoms with Crippen molar-refractivity contribution in [3.8, 4) is 0 Å². The van der Waals surface area contributed by atoms with E-state index in [0.29, 0.717) is 10.9 Å². The van der Waals surface area contributed by atoms with E-state index in [1.807, 2.05) is 0 Å². The van der Waals surface area contributed by atoms with Crippen LogP contribution in [0, 0.1) is 5.92 Å². The maximum atomic E-state index is 5.54. The molecular weight excluding hydrogens is 180 g/mol. The molecule has 0 aromatic rings. The van der Waals surface area contributed by atoms with Gasteiger partial charge in [0.05, 0.1) is 6.10 Å². The summed E-state index contributed by atoms with van der Waals surface area (Å²) < 4.78 is 5.54. The average molecular weight is 191 g/mol. The molecule has 0 radical (unpaired) electrons. The van der Waals surface area contributed by atoms with E-state index in [1.165, 1.54) is 19.3 Å². The Morgan fingerprint density at radius 3 is 3.00 bits per heavy atom. The van der Waals surface area contributed by atoms with Crippen molar-refractivity contribution in [3.05, 3.63) is 0 Å². The van der Waals surface area contributed by atoms with Crippen LogP contribution in [0.3, 0.4) is 0 Å². The second-order valence-corrected chi connectivity index (χ2v) is 4.24. The van der Waals surface area contributed by atoms with Crippen LogP contribution in [0.4, 0.5) is 0 Å². The third-order valence-corrected chi connectivity index (χ3v) is 3.41. The molecule has 0 aromatic heterocycles. The molecule has 0 spiro atoms. The standard InChI is InChI=1S/C7H11BrO/c8-6-2-1-5-3-7(6)9-4-5/h5-7H,1-4H2/t5-,6-,7-/m1/s1. The van der Waals surface area contributed by atoms with Crippen LogP contribution in [0.1, 0.15) is 19.3 Å². The monoisotopic (exact) mass is 190 g/mol. The minimum atomic E-state index is 0.545. The van der Waals surface area contributed by atoms with Crippen molar-refractivity contribution in [2.45, 2.75) is 30.2 Å². The van der Waals surface area contributed by atoms with Crippen LogP contribution in [-0.2, 0) is 4.74 Å². The van der Waals surface area contributed by atoms with Crippen molar-refractivity contribution >= 4 is 15.9 Å². The number of halogens is 1. The maximum Gasteiger partial charge on any atom is 0.0703 e. The van der Waals surface area contributed by atoms with E-state index in [-0.39, 0.29) is 0 Å². The summed E-state index contributed by atoms with van der Waals surface area (Å²) in [5.74, 6) is 0.892. The lowest BCUT2D eigenvalue weighted by molar-refractivity contribution is 0.113. The lowest BCUT2D eigenvalue weighted by Gasteiger charge is -2.21. The van der Waals surface area contributed by atoms with Gasteiger partial charge in [-0.1, -0.05) is 15.9 Å². The molecule has 52 valence electrons. The molecule has 2 rings (SSSR count). The van der Waals surface area contributed by atoms with E-state index >= 15 is 0 Å². The number of rotatable bonds is 0. The molecule has 2 fully saturated rings. The number of hydrogen-bond donors (Lipinski definition) is 0. The first-order chi connectivity index (χ1) is 4.36. The minimum absolute atomic E-state index is 0.545. The van der Waals surface area contributed by atoms with Crippen LogP contribution in [-0.4, -0.2) is 17.5 Å². The summed E-state index contributed by atoms with van der Waals surface area (Å²) in [6, 6.07) is 0. The number of ether oxygens (including phenoxy) is 1. The molecule has 1 saturated carbocycles. The van der Waals surface area contributed by atoms with E-state index in [1.54, 1.807) is 0 Å². The number of alkyl halides is 1. The molecule has 2 aliphatic rings. The van der Waals surface area contributed by atoms with Crippen LogP contribution in [0.5, 0.6) is 0 Å². The smallest absolute Gasteiger partial charge is 0.0703 e. The highest BCUT2D eigenvalue weighted by molar-refractivity contribution is 9.09. The van der Waals surface area contributed by atoms with E-state index in [4.69, 9.17) is 4.74 Å². The van der Waals surface area contributed by atoms with Gasteiger partial charge in [0.1, 0.15) is 0 Å². The molecule has 1 aliphatic heterocycles. The van der Waals surface area contributed by atoms with E-state index in [2.05, 4.69) is 15.9 Å². The zero-order chi connectivity index (χ0) is 6.27. The van der Waals surface area contributed by atoms with Gasteiger partial charge in [-0.05, 0) is 25.2 Å². The molecule has 1 nitrogen and oxygen atoms in total. The lowest BCUT2D eigenvalue weighted by atomic mass is 9.91. The van der Waals surface area contributed by atoms with Gasteiger partial charge < -0.3 is 4.74 Å². The van der Waals surface area contributed by atoms with E-state index < -0.39 is 0 Å². The zero-order valence-electron chi connectivity index (χ0n) is 5.35. The Labute approximate surface area is 63.9 Å². The first-order valence-corrected chi connectivity index (χ1v) is 4.53. The quantitative estimate of drug-likeness (QED) is 0.531. The van der Waals surface area contributed by atoms with Gasteiger partial charge in [-0.15, -0.1) is 0 Å². The summed E-state index contributed by atoms with van der Waals surface area (Å²) in [7, 11) is 0. The fourth-order valence-corrected chi connectivity index (χ4v) is 2.39. The predicted octanol–water partition coefficient (Wildman–Crippen LogP) is 1.95. The summed E-state index contributed by atoms with van der Waals surface area (Å²) in [6.07, 6.45) is 4.53. The van der Waals surface area contributed by atoms with Crippen molar-refractivity contribution in [1.82, 2.24) is 0 Å². The summed E-state index contributed by atoms with van der Waals surface area (Å²) in [4.78, 5) is 0.649. The Bertz CT molecular complexity index is 115.